The molecule has 4 aliphatic rings. The Labute approximate surface area is 450 Å². The van der Waals surface area contributed by atoms with E-state index in [9.17, 15) is 0 Å². The third kappa shape index (κ3) is 5.13. The summed E-state index contributed by atoms with van der Waals surface area (Å²) in [6.07, 6.45) is 0. The lowest BCUT2D eigenvalue weighted by atomic mass is 9.50. The molecule has 12 aromatic carbocycles. The minimum Gasteiger partial charge on any atom is -0.375 e. The molecule has 0 atom stereocenters. The van der Waals surface area contributed by atoms with Gasteiger partial charge in [-0.15, -0.1) is 0 Å². The number of nitrogens with zero attached hydrogens (tertiary/aromatic N) is 4. The molecule has 0 radical (unpaired) electrons. The third-order valence-electron chi connectivity index (χ3n) is 18.2. The first-order valence-corrected chi connectivity index (χ1v) is 27.3. The van der Waals surface area contributed by atoms with Crippen molar-refractivity contribution in [3.05, 3.63) is 255 Å². The number of fused-ring (bicyclic) bond motifs is 19. The number of hydrogen-bond donors (Lipinski definition) is 0. The summed E-state index contributed by atoms with van der Waals surface area (Å²) in [4.78, 5) is 2.42. The molecule has 356 valence electrons. The first-order chi connectivity index (χ1) is 38.7. The van der Waals surface area contributed by atoms with Gasteiger partial charge in [-0.3, -0.25) is 0 Å². The highest BCUT2D eigenvalue weighted by molar-refractivity contribution is 6.92. The maximum atomic E-state index is 2.71. The van der Waals surface area contributed by atoms with Crippen molar-refractivity contribution in [3.8, 4) is 61.3 Å². The molecular formula is C72H42B2N4. The van der Waals surface area contributed by atoms with E-state index in [-0.39, 0.29) is 13.7 Å². The summed E-state index contributed by atoms with van der Waals surface area (Å²) >= 11 is 0. The molecule has 6 heteroatoms. The first-order valence-electron chi connectivity index (χ1n) is 27.3. The van der Waals surface area contributed by atoms with Crippen LogP contribution in [0, 0.1) is 0 Å². The van der Waals surface area contributed by atoms with Crippen LogP contribution in [-0.4, -0.2) is 27.2 Å². The predicted octanol–water partition coefficient (Wildman–Crippen LogP) is 15.4. The molecule has 15 aromatic rings. The van der Waals surface area contributed by atoms with Gasteiger partial charge in [0.2, 0.25) is 0 Å². The Balaban J connectivity index is 0.867. The van der Waals surface area contributed by atoms with Crippen LogP contribution in [0.25, 0.3) is 127 Å². The van der Waals surface area contributed by atoms with Gasteiger partial charge in [-0.2, -0.15) is 0 Å². The highest BCUT2D eigenvalue weighted by Gasteiger charge is 2.45. The Morgan fingerprint density at radius 2 is 0.846 bits per heavy atom. The van der Waals surface area contributed by atoms with E-state index in [0.29, 0.717) is 0 Å². The monoisotopic (exact) mass is 984 g/mol. The van der Waals surface area contributed by atoms with Gasteiger partial charge in [0.05, 0.1) is 11.0 Å². The van der Waals surface area contributed by atoms with Crippen LogP contribution in [0.4, 0.5) is 17.1 Å². The summed E-state index contributed by atoms with van der Waals surface area (Å²) in [6.45, 7) is -0.0109. The molecule has 0 bridgehead atoms. The third-order valence-corrected chi connectivity index (χ3v) is 18.2. The molecule has 0 unspecified atom stereocenters. The summed E-state index contributed by atoms with van der Waals surface area (Å²) in [7, 11) is 0. The molecule has 4 aliphatic heterocycles. The largest absolute Gasteiger partial charge is 0.375 e. The average Bonchev–Trinajstić information content (AvgIpc) is 3.65. The number of rotatable bonds is 5. The van der Waals surface area contributed by atoms with Crippen LogP contribution in [0.15, 0.2) is 255 Å². The SMILES string of the molecule is c1ccc(N(c2ccccc2)c2cc3c4c(c2)-c2cccc5c6ccc(-c7ccc8c9c7-c7cccc%10c%11ccccc%11n(c7%10)B9c7cc9c(cc7-8)c7ccccc7n9-c7ccccc7)cc6n(c25)B4c2ccccc2-3)cc1. The molecule has 0 N–H and O–H groups in total. The normalized spacial score (nSPS) is 13.1. The van der Waals surface area contributed by atoms with Crippen LogP contribution in [0.5, 0.6) is 0 Å². The molecule has 3 aromatic heterocycles. The lowest BCUT2D eigenvalue weighted by Crippen LogP contribution is -2.48. The molecule has 0 fully saturated rings. The van der Waals surface area contributed by atoms with Crippen LogP contribution in [0.2, 0.25) is 0 Å². The number of para-hydroxylation sites is 7. The Morgan fingerprint density at radius 3 is 1.62 bits per heavy atom. The second-order valence-corrected chi connectivity index (χ2v) is 21.8. The maximum Gasteiger partial charge on any atom is 0.330 e. The van der Waals surface area contributed by atoms with E-state index < -0.39 is 0 Å². The lowest BCUT2D eigenvalue weighted by Gasteiger charge is -2.30. The number of anilines is 3. The minimum atomic E-state index is -0.0215. The van der Waals surface area contributed by atoms with Gasteiger partial charge in [-0.05, 0) is 145 Å². The Bertz CT molecular complexity index is 5130. The summed E-state index contributed by atoms with van der Waals surface area (Å²) in [5.41, 5.74) is 30.7. The van der Waals surface area contributed by atoms with Crippen LogP contribution in [-0.2, 0) is 0 Å². The second kappa shape index (κ2) is 14.9. The fourth-order valence-corrected chi connectivity index (χ4v) is 15.2. The average molecular weight is 985 g/mol. The predicted molar refractivity (Wildman–Crippen MR) is 329 cm³/mol. The maximum absolute atomic E-state index is 2.71. The van der Waals surface area contributed by atoms with Crippen LogP contribution < -0.4 is 26.8 Å². The fraction of sp³-hybridized carbons (Fsp3) is 0. The highest BCUT2D eigenvalue weighted by Crippen LogP contribution is 2.50. The zero-order chi connectivity index (χ0) is 50.5. The van der Waals surface area contributed by atoms with E-state index in [0.717, 1.165) is 17.1 Å². The quantitative estimate of drug-likeness (QED) is 0.157. The topological polar surface area (TPSA) is 18.0 Å². The Kier molecular flexibility index (Phi) is 7.87. The van der Waals surface area contributed by atoms with Crippen molar-refractivity contribution in [2.45, 2.75) is 0 Å². The standard InChI is InChI=1S/C72H42B2N4/c1-4-18-44(19-5-1)75(45-20-6-2-7-21-45)47-39-60-49-24-10-13-31-62(49)73-69(60)61(40-47)56-29-16-27-55-52-35-34-43(38-67(52)78(73)71(55)56)48-36-37-53-58-41-59-51-26-11-14-32-64(51)76(46-22-8-3-9-23-46)66(59)42-63(58)74-70(53)68(48)57-30-17-28-54-50-25-12-15-33-65(50)77(74)72(54)57/h1-42H. The van der Waals surface area contributed by atoms with Crippen molar-refractivity contribution in [2.24, 2.45) is 0 Å². The van der Waals surface area contributed by atoms with Crippen molar-refractivity contribution in [3.63, 3.8) is 0 Å². The molecule has 7 heterocycles. The molecule has 0 aliphatic carbocycles. The van der Waals surface area contributed by atoms with Gasteiger partial charge in [0.15, 0.2) is 0 Å². The summed E-state index contributed by atoms with van der Waals surface area (Å²) in [5.74, 6) is 0. The molecule has 4 nitrogen and oxygen atoms in total. The fourth-order valence-electron chi connectivity index (χ4n) is 15.2. The van der Waals surface area contributed by atoms with E-state index in [2.05, 4.69) is 273 Å². The van der Waals surface area contributed by atoms with Gasteiger partial charge in [0, 0.05) is 88.3 Å². The van der Waals surface area contributed by atoms with E-state index in [1.54, 1.807) is 0 Å². The molecule has 0 spiro atoms. The number of hydrogen-bond acceptors (Lipinski definition) is 1. The van der Waals surface area contributed by atoms with Crippen molar-refractivity contribution in [1.82, 2.24) is 13.5 Å². The number of benzene rings is 12. The van der Waals surface area contributed by atoms with Crippen molar-refractivity contribution in [2.75, 3.05) is 4.90 Å². The molecule has 78 heavy (non-hydrogen) atoms. The van der Waals surface area contributed by atoms with Crippen LogP contribution in [0.3, 0.4) is 0 Å². The second-order valence-electron chi connectivity index (χ2n) is 21.8. The Morgan fingerprint density at radius 1 is 0.282 bits per heavy atom. The smallest absolute Gasteiger partial charge is 0.330 e. The zero-order valence-corrected chi connectivity index (χ0v) is 42.2. The van der Waals surface area contributed by atoms with Gasteiger partial charge in [0.1, 0.15) is 0 Å². The Hall–Kier alpha value is -10.0. The summed E-state index contributed by atoms with van der Waals surface area (Å²) in [5, 5.41) is 7.72. The first kappa shape index (κ1) is 41.2. The molecule has 0 saturated carbocycles. The van der Waals surface area contributed by atoms with E-state index in [1.807, 2.05) is 0 Å². The summed E-state index contributed by atoms with van der Waals surface area (Å²) in [6, 6.07) is 96.0. The lowest BCUT2D eigenvalue weighted by molar-refractivity contribution is 1.18. The highest BCUT2D eigenvalue weighted by atomic mass is 15.1. The van der Waals surface area contributed by atoms with E-state index in [4.69, 9.17) is 0 Å². The zero-order valence-electron chi connectivity index (χ0n) is 42.2. The van der Waals surface area contributed by atoms with Crippen LogP contribution >= 0.6 is 0 Å². The van der Waals surface area contributed by atoms with Gasteiger partial charge in [-0.25, -0.2) is 0 Å². The minimum absolute atomic E-state index is 0.0107. The number of aromatic nitrogens is 3. The van der Waals surface area contributed by atoms with Crippen molar-refractivity contribution < 1.29 is 0 Å². The van der Waals surface area contributed by atoms with Gasteiger partial charge in [0.25, 0.3) is 0 Å². The molecule has 19 rings (SSSR count). The van der Waals surface area contributed by atoms with Crippen molar-refractivity contribution in [1.29, 1.82) is 0 Å². The van der Waals surface area contributed by atoms with Crippen LogP contribution in [0.1, 0.15) is 0 Å². The van der Waals surface area contributed by atoms with Gasteiger partial charge >= 0.3 is 13.7 Å². The molecular weight excluding hydrogens is 942 g/mol. The van der Waals surface area contributed by atoms with Crippen molar-refractivity contribution >= 4 is 118 Å². The van der Waals surface area contributed by atoms with Gasteiger partial charge < -0.3 is 18.4 Å². The molecule has 0 amide bonds. The van der Waals surface area contributed by atoms with Gasteiger partial charge in [-0.1, -0.05) is 176 Å². The van der Waals surface area contributed by atoms with E-state index >= 15 is 0 Å². The summed E-state index contributed by atoms with van der Waals surface area (Å²) < 4.78 is 7.87. The van der Waals surface area contributed by atoms with E-state index in [1.165, 1.54) is 149 Å². The molecule has 0 saturated heterocycles.